The van der Waals surface area contributed by atoms with E-state index in [4.69, 9.17) is 0 Å². The molecule has 0 N–H and O–H groups in total. The molecule has 0 aliphatic carbocycles. The summed E-state index contributed by atoms with van der Waals surface area (Å²) in [7, 11) is 0. The van der Waals surface area contributed by atoms with Crippen LogP contribution in [0.3, 0.4) is 0 Å². The van der Waals surface area contributed by atoms with Crippen LogP contribution < -0.4 is 0 Å². The molecule has 3 rings (SSSR count). The number of hydrogen-bond donors (Lipinski definition) is 0. The first-order valence-electron chi connectivity index (χ1n) is 7.16. The minimum atomic E-state index is 1.06. The lowest BCUT2D eigenvalue weighted by Gasteiger charge is -2.09. The van der Waals surface area contributed by atoms with E-state index in [0.717, 1.165) is 5.57 Å². The standard InChI is InChI=1S/C21H18/c1-16-11-13-18(14-12-16)17(2)20-9-6-10-21(15-20)19-7-4-3-5-8-19/h3-15H,2H2,1H3. The summed E-state index contributed by atoms with van der Waals surface area (Å²) in [5.41, 5.74) is 7.13. The number of rotatable bonds is 3. The van der Waals surface area contributed by atoms with Crippen LogP contribution in [0.2, 0.25) is 0 Å². The number of aryl methyl sites for hydroxylation is 1. The molecule has 0 aromatic heterocycles. The first kappa shape index (κ1) is 13.4. The van der Waals surface area contributed by atoms with Crippen molar-refractivity contribution in [3.8, 4) is 11.1 Å². The predicted octanol–water partition coefficient (Wildman–Crippen LogP) is 5.72. The van der Waals surface area contributed by atoms with Gasteiger partial charge in [0.15, 0.2) is 0 Å². The molecule has 0 radical (unpaired) electrons. The van der Waals surface area contributed by atoms with E-state index in [-0.39, 0.29) is 0 Å². The molecule has 3 aromatic carbocycles. The van der Waals surface area contributed by atoms with Gasteiger partial charge in [-0.2, -0.15) is 0 Å². The van der Waals surface area contributed by atoms with Crippen molar-refractivity contribution < 1.29 is 0 Å². The van der Waals surface area contributed by atoms with E-state index in [2.05, 4.69) is 86.3 Å². The Hall–Kier alpha value is -2.60. The van der Waals surface area contributed by atoms with Crippen molar-refractivity contribution >= 4 is 5.57 Å². The SMILES string of the molecule is C=C(c1ccc(C)cc1)c1cccc(-c2ccccc2)c1. The van der Waals surface area contributed by atoms with E-state index >= 15 is 0 Å². The highest BCUT2D eigenvalue weighted by atomic mass is 14.1. The molecule has 0 amide bonds. The van der Waals surface area contributed by atoms with Gasteiger partial charge in [-0.3, -0.25) is 0 Å². The molecule has 0 spiro atoms. The fourth-order valence-corrected chi connectivity index (χ4v) is 2.44. The maximum Gasteiger partial charge on any atom is -0.0178 e. The van der Waals surface area contributed by atoms with Crippen molar-refractivity contribution in [3.63, 3.8) is 0 Å². The zero-order valence-electron chi connectivity index (χ0n) is 12.2. The van der Waals surface area contributed by atoms with Crippen molar-refractivity contribution in [2.45, 2.75) is 6.92 Å². The van der Waals surface area contributed by atoms with E-state index in [1.165, 1.54) is 27.8 Å². The molecule has 0 unspecified atom stereocenters. The third-order valence-electron chi connectivity index (χ3n) is 3.72. The van der Waals surface area contributed by atoms with E-state index in [9.17, 15) is 0 Å². The fourth-order valence-electron chi connectivity index (χ4n) is 2.44. The molecule has 0 aliphatic heterocycles. The van der Waals surface area contributed by atoms with Gasteiger partial charge in [-0.15, -0.1) is 0 Å². The largest absolute Gasteiger partial charge is 0.0906 e. The Morgan fingerprint density at radius 1 is 0.667 bits per heavy atom. The Morgan fingerprint density at radius 3 is 2.05 bits per heavy atom. The minimum Gasteiger partial charge on any atom is -0.0906 e. The lowest BCUT2D eigenvalue weighted by atomic mass is 9.95. The second-order valence-corrected chi connectivity index (χ2v) is 5.29. The zero-order chi connectivity index (χ0) is 14.7. The van der Waals surface area contributed by atoms with Gasteiger partial charge in [0.1, 0.15) is 0 Å². The van der Waals surface area contributed by atoms with Crippen LogP contribution in [0.15, 0.2) is 85.4 Å². The third kappa shape index (κ3) is 2.95. The maximum absolute atomic E-state index is 4.26. The molecule has 0 heteroatoms. The molecule has 3 aromatic rings. The van der Waals surface area contributed by atoms with Gasteiger partial charge in [0, 0.05) is 0 Å². The van der Waals surface area contributed by atoms with Gasteiger partial charge in [0.2, 0.25) is 0 Å². The molecule has 0 bridgehead atoms. The summed E-state index contributed by atoms with van der Waals surface area (Å²) in [6.45, 7) is 6.36. The fraction of sp³-hybridized carbons (Fsp3) is 0.0476. The van der Waals surface area contributed by atoms with Crippen LogP contribution in [-0.2, 0) is 0 Å². The van der Waals surface area contributed by atoms with Gasteiger partial charge in [-0.25, -0.2) is 0 Å². The van der Waals surface area contributed by atoms with Crippen LogP contribution in [0.5, 0.6) is 0 Å². The van der Waals surface area contributed by atoms with Crippen LogP contribution in [0.1, 0.15) is 16.7 Å². The van der Waals surface area contributed by atoms with Gasteiger partial charge in [0.05, 0.1) is 0 Å². The molecule has 0 aliphatic rings. The van der Waals surface area contributed by atoms with Crippen LogP contribution in [-0.4, -0.2) is 0 Å². The summed E-state index contributed by atoms with van der Waals surface area (Å²) in [5.74, 6) is 0. The average molecular weight is 270 g/mol. The highest BCUT2D eigenvalue weighted by molar-refractivity contribution is 5.80. The van der Waals surface area contributed by atoms with Gasteiger partial charge >= 0.3 is 0 Å². The summed E-state index contributed by atoms with van der Waals surface area (Å²) in [6.07, 6.45) is 0. The molecule has 0 nitrogen and oxygen atoms in total. The maximum atomic E-state index is 4.26. The van der Waals surface area contributed by atoms with Gasteiger partial charge in [-0.1, -0.05) is 84.9 Å². The van der Waals surface area contributed by atoms with Crippen molar-refractivity contribution in [2.24, 2.45) is 0 Å². The third-order valence-corrected chi connectivity index (χ3v) is 3.72. The van der Waals surface area contributed by atoms with Crippen LogP contribution in [0.25, 0.3) is 16.7 Å². The minimum absolute atomic E-state index is 1.06. The van der Waals surface area contributed by atoms with E-state index in [0.29, 0.717) is 0 Å². The molecule has 0 fully saturated rings. The van der Waals surface area contributed by atoms with Gasteiger partial charge in [0.25, 0.3) is 0 Å². The molecule has 21 heavy (non-hydrogen) atoms. The second-order valence-electron chi connectivity index (χ2n) is 5.29. The summed E-state index contributed by atoms with van der Waals surface area (Å²) < 4.78 is 0. The van der Waals surface area contributed by atoms with Crippen LogP contribution in [0, 0.1) is 6.92 Å². The summed E-state index contributed by atoms with van der Waals surface area (Å²) in [6, 6.07) is 27.5. The Morgan fingerprint density at radius 2 is 1.33 bits per heavy atom. The van der Waals surface area contributed by atoms with E-state index in [1.54, 1.807) is 0 Å². The lowest BCUT2D eigenvalue weighted by Crippen LogP contribution is -1.87. The Bertz CT molecular complexity index is 750. The lowest BCUT2D eigenvalue weighted by molar-refractivity contribution is 1.45. The first-order valence-corrected chi connectivity index (χ1v) is 7.16. The quantitative estimate of drug-likeness (QED) is 0.570. The molecule has 0 saturated carbocycles. The van der Waals surface area contributed by atoms with E-state index < -0.39 is 0 Å². The van der Waals surface area contributed by atoms with Crippen molar-refractivity contribution in [3.05, 3.63) is 102 Å². The second kappa shape index (κ2) is 5.80. The van der Waals surface area contributed by atoms with Crippen LogP contribution in [0.4, 0.5) is 0 Å². The normalized spacial score (nSPS) is 10.3. The summed E-state index contributed by atoms with van der Waals surface area (Å²) in [5, 5.41) is 0. The predicted molar refractivity (Wildman–Crippen MR) is 91.2 cm³/mol. The first-order chi connectivity index (χ1) is 10.2. The van der Waals surface area contributed by atoms with Crippen LogP contribution >= 0.6 is 0 Å². The monoisotopic (exact) mass is 270 g/mol. The van der Waals surface area contributed by atoms with E-state index in [1.807, 2.05) is 6.07 Å². The summed E-state index contributed by atoms with van der Waals surface area (Å²) in [4.78, 5) is 0. The summed E-state index contributed by atoms with van der Waals surface area (Å²) >= 11 is 0. The Balaban J connectivity index is 1.96. The number of benzene rings is 3. The van der Waals surface area contributed by atoms with Gasteiger partial charge in [-0.05, 0) is 40.8 Å². The van der Waals surface area contributed by atoms with Gasteiger partial charge < -0.3 is 0 Å². The number of hydrogen-bond acceptors (Lipinski definition) is 0. The molecule has 0 heterocycles. The molecule has 102 valence electrons. The Labute approximate surface area is 126 Å². The average Bonchev–Trinajstić information content (AvgIpc) is 2.56. The molecule has 0 saturated heterocycles. The smallest absolute Gasteiger partial charge is 0.0178 e. The molecular weight excluding hydrogens is 252 g/mol. The topological polar surface area (TPSA) is 0 Å². The van der Waals surface area contributed by atoms with Crippen molar-refractivity contribution in [2.75, 3.05) is 0 Å². The molecule has 0 atom stereocenters. The highest BCUT2D eigenvalue weighted by Crippen LogP contribution is 2.26. The van der Waals surface area contributed by atoms with Crippen molar-refractivity contribution in [1.82, 2.24) is 0 Å². The van der Waals surface area contributed by atoms with Crippen molar-refractivity contribution in [1.29, 1.82) is 0 Å². The highest BCUT2D eigenvalue weighted by Gasteiger charge is 2.04. The zero-order valence-corrected chi connectivity index (χ0v) is 12.2. The Kier molecular flexibility index (Phi) is 3.70. The molecular formula is C21H18.